The normalized spacial score (nSPS) is 15.8. The van der Waals surface area contributed by atoms with Crippen LogP contribution in [0.15, 0.2) is 6.20 Å². The van der Waals surface area contributed by atoms with E-state index in [-0.39, 0.29) is 17.9 Å². The molecule has 2 aromatic heterocycles. The molecule has 0 spiro atoms. The molecule has 136 valence electrons. The summed E-state index contributed by atoms with van der Waals surface area (Å²) in [4.78, 5) is 30.4. The lowest BCUT2D eigenvalue weighted by molar-refractivity contribution is 0.0520. The highest BCUT2D eigenvalue weighted by atomic mass is 32.1. The smallest absolute Gasteiger partial charge is 0.410 e. The van der Waals surface area contributed by atoms with Crippen LogP contribution in [0.25, 0.3) is 4.96 Å². The van der Waals surface area contributed by atoms with Crippen LogP contribution >= 0.6 is 11.3 Å². The monoisotopic (exact) mass is 366 g/mol. The number of aromatic nitrogens is 3. The number of esters is 1. The van der Waals surface area contributed by atoms with Gasteiger partial charge in [0.25, 0.3) is 0 Å². The Morgan fingerprint density at radius 2 is 2.08 bits per heavy atom. The summed E-state index contributed by atoms with van der Waals surface area (Å²) in [6.45, 7) is 7.09. The van der Waals surface area contributed by atoms with Gasteiger partial charge in [-0.1, -0.05) is 11.3 Å². The summed E-state index contributed by atoms with van der Waals surface area (Å²) in [6, 6.07) is 0. The van der Waals surface area contributed by atoms with E-state index in [2.05, 4.69) is 10.1 Å². The largest absolute Gasteiger partial charge is 0.461 e. The molecule has 8 nitrogen and oxygen atoms in total. The van der Waals surface area contributed by atoms with Crippen molar-refractivity contribution < 1.29 is 19.1 Å². The Labute approximate surface area is 149 Å². The van der Waals surface area contributed by atoms with Gasteiger partial charge in [0.1, 0.15) is 5.01 Å². The predicted molar refractivity (Wildman–Crippen MR) is 92.0 cm³/mol. The SMILES string of the molecule is CCOC(=O)c1cn2nc(C3CCN(C(=O)OC(C)C)CC3)sc2n1. The molecule has 0 N–H and O–H groups in total. The van der Waals surface area contributed by atoms with E-state index in [1.807, 2.05) is 13.8 Å². The van der Waals surface area contributed by atoms with Crippen molar-refractivity contribution in [3.8, 4) is 0 Å². The van der Waals surface area contributed by atoms with Gasteiger partial charge in [0.2, 0.25) is 4.96 Å². The van der Waals surface area contributed by atoms with Crippen molar-refractivity contribution in [1.82, 2.24) is 19.5 Å². The van der Waals surface area contributed by atoms with Crippen LogP contribution in [0.5, 0.6) is 0 Å². The van der Waals surface area contributed by atoms with Gasteiger partial charge in [-0.05, 0) is 33.6 Å². The molecule has 1 saturated heterocycles. The second kappa shape index (κ2) is 7.38. The lowest BCUT2D eigenvalue weighted by Gasteiger charge is -2.30. The molecule has 9 heteroatoms. The minimum atomic E-state index is -0.432. The quantitative estimate of drug-likeness (QED) is 0.773. The van der Waals surface area contributed by atoms with Crippen LogP contribution in [0.4, 0.5) is 4.79 Å². The van der Waals surface area contributed by atoms with Gasteiger partial charge in [-0.15, -0.1) is 0 Å². The molecule has 25 heavy (non-hydrogen) atoms. The Bertz CT molecular complexity index is 730. The van der Waals surface area contributed by atoms with Crippen molar-refractivity contribution in [2.45, 2.75) is 45.6 Å². The maximum absolute atomic E-state index is 11.9. The third kappa shape index (κ3) is 3.92. The molecule has 0 bridgehead atoms. The summed E-state index contributed by atoms with van der Waals surface area (Å²) in [5.41, 5.74) is 0.276. The van der Waals surface area contributed by atoms with Gasteiger partial charge in [0.15, 0.2) is 5.69 Å². The Kier molecular flexibility index (Phi) is 5.22. The van der Waals surface area contributed by atoms with E-state index in [1.165, 1.54) is 11.3 Å². The fourth-order valence-corrected chi connectivity index (χ4v) is 3.82. The van der Waals surface area contributed by atoms with Crippen molar-refractivity contribution in [1.29, 1.82) is 0 Å². The molecule has 3 rings (SSSR count). The van der Waals surface area contributed by atoms with Gasteiger partial charge < -0.3 is 14.4 Å². The maximum Gasteiger partial charge on any atom is 0.410 e. The summed E-state index contributed by atoms with van der Waals surface area (Å²) < 4.78 is 11.8. The first-order valence-electron chi connectivity index (χ1n) is 8.46. The number of fused-ring (bicyclic) bond motifs is 1. The first kappa shape index (κ1) is 17.7. The first-order valence-corrected chi connectivity index (χ1v) is 9.28. The van der Waals surface area contributed by atoms with Crippen LogP contribution in [0.1, 0.15) is 55.0 Å². The maximum atomic E-state index is 11.9. The zero-order valence-electron chi connectivity index (χ0n) is 14.6. The van der Waals surface area contributed by atoms with Gasteiger partial charge in [-0.3, -0.25) is 0 Å². The third-order valence-electron chi connectivity index (χ3n) is 3.98. The lowest BCUT2D eigenvalue weighted by atomic mass is 9.98. The molecule has 0 unspecified atom stereocenters. The number of hydrogen-bond acceptors (Lipinski definition) is 7. The van der Waals surface area contributed by atoms with E-state index in [0.717, 1.165) is 17.8 Å². The summed E-state index contributed by atoms with van der Waals surface area (Å²) >= 11 is 1.48. The second-order valence-corrected chi connectivity index (χ2v) is 7.20. The van der Waals surface area contributed by atoms with Crippen molar-refractivity contribution in [3.05, 3.63) is 16.9 Å². The van der Waals surface area contributed by atoms with Gasteiger partial charge in [0, 0.05) is 19.0 Å². The van der Waals surface area contributed by atoms with Crippen LogP contribution < -0.4 is 0 Å². The summed E-state index contributed by atoms with van der Waals surface area (Å²) in [6.07, 6.45) is 2.93. The number of piperidine rings is 1. The fraction of sp³-hybridized carbons (Fsp3) is 0.625. The van der Waals surface area contributed by atoms with Crippen molar-refractivity contribution in [2.75, 3.05) is 19.7 Å². The van der Waals surface area contributed by atoms with Crippen LogP contribution in [0.2, 0.25) is 0 Å². The number of nitrogens with zero attached hydrogens (tertiary/aromatic N) is 4. The summed E-state index contributed by atoms with van der Waals surface area (Å²) in [5.74, 6) is -0.139. The Morgan fingerprint density at radius 3 is 2.68 bits per heavy atom. The minimum absolute atomic E-state index is 0.106. The molecule has 1 fully saturated rings. The van der Waals surface area contributed by atoms with E-state index < -0.39 is 5.97 Å². The average Bonchev–Trinajstić information content (AvgIpc) is 3.13. The van der Waals surface area contributed by atoms with Gasteiger partial charge in [0.05, 0.1) is 18.9 Å². The number of amides is 1. The molecule has 1 aliphatic heterocycles. The van der Waals surface area contributed by atoms with E-state index in [4.69, 9.17) is 9.47 Å². The highest BCUT2D eigenvalue weighted by Crippen LogP contribution is 2.31. The van der Waals surface area contributed by atoms with Crippen molar-refractivity contribution in [2.24, 2.45) is 0 Å². The number of imidazole rings is 1. The molecule has 1 amide bonds. The third-order valence-corrected chi connectivity index (χ3v) is 5.07. The molecule has 0 aliphatic carbocycles. The lowest BCUT2D eigenvalue weighted by Crippen LogP contribution is -2.39. The van der Waals surface area contributed by atoms with Crippen LogP contribution in [-0.2, 0) is 9.47 Å². The van der Waals surface area contributed by atoms with E-state index in [9.17, 15) is 9.59 Å². The van der Waals surface area contributed by atoms with E-state index in [1.54, 1.807) is 22.5 Å². The number of carbonyl (C=O) groups excluding carboxylic acids is 2. The minimum Gasteiger partial charge on any atom is -0.461 e. The van der Waals surface area contributed by atoms with Crippen LogP contribution in [-0.4, -0.2) is 57.4 Å². The summed E-state index contributed by atoms with van der Waals surface area (Å²) in [7, 11) is 0. The van der Waals surface area contributed by atoms with Gasteiger partial charge >= 0.3 is 12.1 Å². The molecule has 0 saturated carbocycles. The van der Waals surface area contributed by atoms with Crippen LogP contribution in [0, 0.1) is 0 Å². The Hall–Kier alpha value is -2.16. The number of rotatable bonds is 4. The number of carbonyl (C=O) groups is 2. The number of hydrogen-bond donors (Lipinski definition) is 0. The first-order chi connectivity index (χ1) is 12.0. The topological polar surface area (TPSA) is 86.0 Å². The van der Waals surface area contributed by atoms with E-state index in [0.29, 0.717) is 30.6 Å². The molecule has 1 aliphatic rings. The predicted octanol–water partition coefficient (Wildman–Crippen LogP) is 2.69. The van der Waals surface area contributed by atoms with Gasteiger partial charge in [-0.2, -0.15) is 5.10 Å². The zero-order chi connectivity index (χ0) is 18.0. The Balaban J connectivity index is 1.63. The molecule has 2 aromatic rings. The molecular weight excluding hydrogens is 344 g/mol. The molecular formula is C16H22N4O4S. The fourth-order valence-electron chi connectivity index (χ4n) is 2.77. The molecule has 0 radical (unpaired) electrons. The second-order valence-electron chi connectivity index (χ2n) is 6.21. The van der Waals surface area contributed by atoms with Crippen molar-refractivity contribution >= 4 is 28.4 Å². The average molecular weight is 366 g/mol. The standard InChI is InChI=1S/C16H22N4O4S/c1-4-23-14(21)12-9-20-15(17-12)25-13(18-20)11-5-7-19(8-6-11)16(22)24-10(2)3/h9-11H,4-8H2,1-3H3. The molecule has 0 atom stereocenters. The highest BCUT2D eigenvalue weighted by Gasteiger charge is 2.28. The summed E-state index contributed by atoms with van der Waals surface area (Å²) in [5, 5.41) is 5.53. The van der Waals surface area contributed by atoms with Gasteiger partial charge in [-0.25, -0.2) is 19.1 Å². The number of ether oxygens (including phenoxy) is 2. The van der Waals surface area contributed by atoms with Crippen LogP contribution in [0.3, 0.4) is 0 Å². The number of likely N-dealkylation sites (tertiary alicyclic amines) is 1. The van der Waals surface area contributed by atoms with Crippen molar-refractivity contribution in [3.63, 3.8) is 0 Å². The molecule has 3 heterocycles. The highest BCUT2D eigenvalue weighted by molar-refractivity contribution is 7.16. The van der Waals surface area contributed by atoms with E-state index >= 15 is 0 Å². The zero-order valence-corrected chi connectivity index (χ0v) is 15.4. The Morgan fingerprint density at radius 1 is 1.36 bits per heavy atom. The molecule has 0 aromatic carbocycles.